The van der Waals surface area contributed by atoms with Crippen molar-refractivity contribution >= 4 is 17.6 Å². The number of halogens is 1. The molecule has 3 rings (SSSR count). The normalized spacial score (nSPS) is 15.1. The van der Waals surface area contributed by atoms with Crippen LogP contribution in [0, 0.1) is 13.8 Å². The van der Waals surface area contributed by atoms with Crippen LogP contribution in [0.3, 0.4) is 0 Å². The number of nitrogens with zero attached hydrogens (tertiary/aromatic N) is 1. The van der Waals surface area contributed by atoms with Gasteiger partial charge in [0.2, 0.25) is 0 Å². The van der Waals surface area contributed by atoms with Crippen molar-refractivity contribution in [1.29, 1.82) is 0 Å². The van der Waals surface area contributed by atoms with Gasteiger partial charge in [0.1, 0.15) is 0 Å². The molecule has 0 unspecified atom stereocenters. The van der Waals surface area contributed by atoms with Crippen molar-refractivity contribution in [3.63, 3.8) is 0 Å². The zero-order chi connectivity index (χ0) is 17.3. The third-order valence-electron chi connectivity index (χ3n) is 4.99. The van der Waals surface area contributed by atoms with Crippen molar-refractivity contribution in [2.24, 2.45) is 0 Å². The monoisotopic (exact) mass is 346 g/mol. The van der Waals surface area contributed by atoms with E-state index in [0.717, 1.165) is 22.6 Å². The summed E-state index contributed by atoms with van der Waals surface area (Å²) in [6.45, 7) is 4.45. The highest BCUT2D eigenvalue weighted by Gasteiger charge is 2.24. The number of carboxylic acids is 1. The summed E-state index contributed by atoms with van der Waals surface area (Å²) < 4.78 is 2.01. The van der Waals surface area contributed by atoms with Gasteiger partial charge in [-0.2, -0.15) is 0 Å². The van der Waals surface area contributed by atoms with Crippen molar-refractivity contribution in [2.75, 3.05) is 0 Å². The Labute approximate surface area is 147 Å². The molecule has 1 aromatic carbocycles. The van der Waals surface area contributed by atoms with E-state index in [4.69, 9.17) is 11.6 Å². The molecule has 4 nitrogen and oxygen atoms in total. The molecule has 0 saturated heterocycles. The minimum absolute atomic E-state index is 0.410. The summed E-state index contributed by atoms with van der Waals surface area (Å²) >= 11 is 5.97. The second kappa shape index (κ2) is 6.99. The lowest BCUT2D eigenvalue weighted by Crippen LogP contribution is -2.26. The van der Waals surface area contributed by atoms with Crippen LogP contribution in [0.25, 0.3) is 5.69 Å². The van der Waals surface area contributed by atoms with Crippen LogP contribution in [0.2, 0.25) is 5.02 Å². The average molecular weight is 347 g/mol. The van der Waals surface area contributed by atoms with E-state index >= 15 is 0 Å². The molecule has 0 spiro atoms. The highest BCUT2D eigenvalue weighted by atomic mass is 35.5. The molecule has 2 N–H and O–H groups in total. The third-order valence-corrected chi connectivity index (χ3v) is 5.24. The lowest BCUT2D eigenvalue weighted by Gasteiger charge is -2.13. The van der Waals surface area contributed by atoms with E-state index in [2.05, 4.69) is 5.32 Å². The quantitative estimate of drug-likeness (QED) is 0.839. The second-order valence-electron chi connectivity index (χ2n) is 6.50. The standard InChI is InChI=1S/C19H23ClN2O2/c1-12-17(11-21-15-5-3-4-6-15)18(19(23)24)13(2)22(12)16-9-7-14(20)8-10-16/h7-10,15,21H,3-6,11H2,1-2H3,(H,23,24). The Morgan fingerprint density at radius 1 is 1.21 bits per heavy atom. The summed E-state index contributed by atoms with van der Waals surface area (Å²) in [6, 6.07) is 7.99. The molecule has 0 bridgehead atoms. The maximum Gasteiger partial charge on any atom is 0.337 e. The number of carboxylic acid groups (broad SMARTS) is 1. The number of aromatic nitrogens is 1. The maximum absolute atomic E-state index is 11.8. The summed E-state index contributed by atoms with van der Waals surface area (Å²) in [5.74, 6) is -0.869. The first-order valence-corrected chi connectivity index (χ1v) is 8.80. The zero-order valence-electron chi connectivity index (χ0n) is 14.1. The molecule has 2 aromatic rings. The van der Waals surface area contributed by atoms with Crippen LogP contribution in [-0.2, 0) is 6.54 Å². The molecule has 128 valence electrons. The molecule has 0 amide bonds. The summed E-state index contributed by atoms with van der Waals surface area (Å²) in [6.07, 6.45) is 4.87. The van der Waals surface area contributed by atoms with Crippen LogP contribution in [0.1, 0.15) is 53.0 Å². The first-order chi connectivity index (χ1) is 11.5. The van der Waals surface area contributed by atoms with E-state index in [1.807, 2.05) is 42.7 Å². The first-order valence-electron chi connectivity index (χ1n) is 8.42. The highest BCUT2D eigenvalue weighted by molar-refractivity contribution is 6.30. The van der Waals surface area contributed by atoms with Gasteiger partial charge in [-0.3, -0.25) is 0 Å². The number of benzene rings is 1. The Hall–Kier alpha value is -1.78. The third kappa shape index (κ3) is 3.21. The predicted octanol–water partition coefficient (Wildman–Crippen LogP) is 4.48. The van der Waals surface area contributed by atoms with Gasteiger partial charge in [0, 0.05) is 40.2 Å². The molecule has 0 radical (unpaired) electrons. The number of hydrogen-bond donors (Lipinski definition) is 2. The minimum atomic E-state index is -0.869. The molecule has 0 atom stereocenters. The van der Waals surface area contributed by atoms with Gasteiger partial charge in [0.05, 0.1) is 5.56 Å². The number of hydrogen-bond acceptors (Lipinski definition) is 2. The molecule has 1 aliphatic carbocycles. The van der Waals surface area contributed by atoms with Gasteiger partial charge in [-0.05, 0) is 51.0 Å². The number of rotatable bonds is 5. The summed E-state index contributed by atoms with van der Waals surface area (Å²) in [4.78, 5) is 11.8. The fourth-order valence-corrected chi connectivity index (χ4v) is 3.88. The van der Waals surface area contributed by atoms with Gasteiger partial charge in [0.25, 0.3) is 0 Å². The SMILES string of the molecule is Cc1c(CNC2CCCC2)c(C(=O)O)c(C)n1-c1ccc(Cl)cc1. The van der Waals surface area contributed by atoms with E-state index in [-0.39, 0.29) is 0 Å². The molecule has 1 aromatic heterocycles. The van der Waals surface area contributed by atoms with Crippen molar-refractivity contribution in [3.8, 4) is 5.69 Å². The predicted molar refractivity (Wildman–Crippen MR) is 96.3 cm³/mol. The van der Waals surface area contributed by atoms with Crippen LogP contribution < -0.4 is 5.32 Å². The van der Waals surface area contributed by atoms with Crippen molar-refractivity contribution in [2.45, 2.75) is 52.1 Å². The fourth-order valence-electron chi connectivity index (χ4n) is 3.75. The summed E-state index contributed by atoms with van der Waals surface area (Å²) in [5.41, 5.74) is 3.95. The molecule has 1 heterocycles. The van der Waals surface area contributed by atoms with E-state index in [1.54, 1.807) is 0 Å². The molecular formula is C19H23ClN2O2. The Morgan fingerprint density at radius 3 is 2.42 bits per heavy atom. The number of carbonyl (C=O) groups is 1. The van der Waals surface area contributed by atoms with Gasteiger partial charge in [-0.15, -0.1) is 0 Å². The molecule has 0 aliphatic heterocycles. The van der Waals surface area contributed by atoms with Crippen molar-refractivity contribution in [1.82, 2.24) is 9.88 Å². The lowest BCUT2D eigenvalue weighted by molar-refractivity contribution is 0.0694. The van der Waals surface area contributed by atoms with E-state index < -0.39 is 5.97 Å². The summed E-state index contributed by atoms with van der Waals surface area (Å²) in [7, 11) is 0. The van der Waals surface area contributed by atoms with Crippen LogP contribution in [0.5, 0.6) is 0 Å². The minimum Gasteiger partial charge on any atom is -0.478 e. The van der Waals surface area contributed by atoms with Crippen LogP contribution >= 0.6 is 11.6 Å². The topological polar surface area (TPSA) is 54.3 Å². The first kappa shape index (κ1) is 17.1. The smallest absolute Gasteiger partial charge is 0.337 e. The van der Waals surface area contributed by atoms with Gasteiger partial charge < -0.3 is 15.0 Å². The van der Waals surface area contributed by atoms with Gasteiger partial charge in [-0.1, -0.05) is 24.4 Å². The highest BCUT2D eigenvalue weighted by Crippen LogP contribution is 2.28. The van der Waals surface area contributed by atoms with Crippen molar-refractivity contribution in [3.05, 3.63) is 51.8 Å². The molecule has 1 aliphatic rings. The Balaban J connectivity index is 1.99. The van der Waals surface area contributed by atoms with E-state index in [9.17, 15) is 9.90 Å². The summed E-state index contributed by atoms with van der Waals surface area (Å²) in [5, 5.41) is 13.9. The lowest BCUT2D eigenvalue weighted by atomic mass is 10.1. The van der Waals surface area contributed by atoms with E-state index in [0.29, 0.717) is 23.2 Å². The van der Waals surface area contributed by atoms with Gasteiger partial charge in [-0.25, -0.2) is 4.79 Å². The maximum atomic E-state index is 11.8. The van der Waals surface area contributed by atoms with Gasteiger partial charge in [0.15, 0.2) is 0 Å². The van der Waals surface area contributed by atoms with Crippen LogP contribution in [0.15, 0.2) is 24.3 Å². The Kier molecular flexibility index (Phi) is 4.97. The van der Waals surface area contributed by atoms with Gasteiger partial charge >= 0.3 is 5.97 Å². The van der Waals surface area contributed by atoms with Crippen LogP contribution in [0.4, 0.5) is 0 Å². The molecular weight excluding hydrogens is 324 g/mol. The molecule has 1 fully saturated rings. The molecule has 5 heteroatoms. The average Bonchev–Trinajstić information content (AvgIpc) is 3.13. The Morgan fingerprint density at radius 2 is 1.83 bits per heavy atom. The van der Waals surface area contributed by atoms with Crippen molar-refractivity contribution < 1.29 is 9.90 Å². The molecule has 24 heavy (non-hydrogen) atoms. The largest absolute Gasteiger partial charge is 0.478 e. The second-order valence-corrected chi connectivity index (χ2v) is 6.94. The zero-order valence-corrected chi connectivity index (χ0v) is 14.9. The Bertz CT molecular complexity index is 744. The molecule has 1 saturated carbocycles. The fraction of sp³-hybridized carbons (Fsp3) is 0.421. The van der Waals surface area contributed by atoms with E-state index in [1.165, 1.54) is 25.7 Å². The number of aromatic carboxylic acids is 1. The number of nitrogens with one attached hydrogen (secondary N) is 1. The van der Waals surface area contributed by atoms with Crippen LogP contribution in [-0.4, -0.2) is 21.7 Å².